The van der Waals surface area contributed by atoms with Gasteiger partial charge in [-0.25, -0.2) is 4.79 Å². The van der Waals surface area contributed by atoms with Crippen LogP contribution in [0.25, 0.3) is 10.9 Å². The summed E-state index contributed by atoms with van der Waals surface area (Å²) in [7, 11) is 0. The van der Waals surface area contributed by atoms with Gasteiger partial charge >= 0.3 is 5.76 Å². The molecule has 1 N–H and O–H groups in total. The fourth-order valence-electron chi connectivity index (χ4n) is 1.72. The molecule has 0 aliphatic heterocycles. The van der Waals surface area contributed by atoms with E-state index in [4.69, 9.17) is 4.42 Å². The molecule has 4 heteroatoms. The zero-order valence-corrected chi connectivity index (χ0v) is 9.90. The molecule has 0 saturated heterocycles. The van der Waals surface area contributed by atoms with Gasteiger partial charge in [0, 0.05) is 6.54 Å². The zero-order valence-electron chi connectivity index (χ0n) is 9.90. The molecule has 0 fully saturated rings. The second kappa shape index (κ2) is 5.48. The number of nitrogens with zero attached hydrogens (tertiary/aromatic N) is 1. The highest BCUT2D eigenvalue weighted by Crippen LogP contribution is 2.03. The SMILES string of the molecule is CCCCCN=c1oc(=O)[nH]c2ccccc12. The third-order valence-electron chi connectivity index (χ3n) is 2.60. The van der Waals surface area contributed by atoms with Crippen molar-refractivity contribution in [1.82, 2.24) is 4.98 Å². The molecule has 1 heterocycles. The highest BCUT2D eigenvalue weighted by atomic mass is 16.4. The molecule has 0 bridgehead atoms. The minimum absolute atomic E-state index is 0.431. The number of aromatic amines is 1. The van der Waals surface area contributed by atoms with Crippen molar-refractivity contribution in [2.45, 2.75) is 26.2 Å². The van der Waals surface area contributed by atoms with E-state index in [0.717, 1.165) is 30.2 Å². The highest BCUT2D eigenvalue weighted by Gasteiger charge is 1.98. The molecule has 2 aromatic rings. The van der Waals surface area contributed by atoms with Crippen molar-refractivity contribution in [2.24, 2.45) is 4.99 Å². The van der Waals surface area contributed by atoms with Crippen LogP contribution in [-0.2, 0) is 0 Å². The summed E-state index contributed by atoms with van der Waals surface area (Å²) in [6.07, 6.45) is 3.32. The summed E-state index contributed by atoms with van der Waals surface area (Å²) < 4.78 is 5.09. The Morgan fingerprint density at radius 1 is 1.29 bits per heavy atom. The maximum absolute atomic E-state index is 11.3. The molecule has 4 nitrogen and oxygen atoms in total. The average Bonchev–Trinajstić information content (AvgIpc) is 2.34. The van der Waals surface area contributed by atoms with Crippen molar-refractivity contribution in [2.75, 3.05) is 6.54 Å². The Kier molecular flexibility index (Phi) is 3.75. The van der Waals surface area contributed by atoms with Gasteiger partial charge in [-0.2, -0.15) is 0 Å². The summed E-state index contributed by atoms with van der Waals surface area (Å²) >= 11 is 0. The van der Waals surface area contributed by atoms with E-state index in [1.54, 1.807) is 0 Å². The first kappa shape index (κ1) is 11.6. The molecule has 0 atom stereocenters. The van der Waals surface area contributed by atoms with Crippen molar-refractivity contribution in [3.8, 4) is 0 Å². The van der Waals surface area contributed by atoms with Crippen LogP contribution in [0, 0.1) is 0 Å². The number of benzene rings is 1. The molecule has 0 aliphatic carbocycles. The number of aromatic nitrogens is 1. The Labute approximate surface area is 99.0 Å². The van der Waals surface area contributed by atoms with Crippen LogP contribution in [0.15, 0.2) is 38.5 Å². The Hall–Kier alpha value is -1.84. The topological polar surface area (TPSA) is 58.4 Å². The first-order valence-electron chi connectivity index (χ1n) is 5.94. The second-order valence-corrected chi connectivity index (χ2v) is 3.95. The normalized spacial score (nSPS) is 12.2. The summed E-state index contributed by atoms with van der Waals surface area (Å²) in [6.45, 7) is 2.85. The number of hydrogen-bond donors (Lipinski definition) is 1. The van der Waals surface area contributed by atoms with Gasteiger partial charge in [0.15, 0.2) is 0 Å². The lowest BCUT2D eigenvalue weighted by Crippen LogP contribution is -2.16. The van der Waals surface area contributed by atoms with Gasteiger partial charge in [0.2, 0.25) is 5.55 Å². The second-order valence-electron chi connectivity index (χ2n) is 3.95. The van der Waals surface area contributed by atoms with Crippen LogP contribution in [0.3, 0.4) is 0 Å². The fourth-order valence-corrected chi connectivity index (χ4v) is 1.72. The fraction of sp³-hybridized carbons (Fsp3) is 0.385. The van der Waals surface area contributed by atoms with E-state index in [1.165, 1.54) is 0 Å². The van der Waals surface area contributed by atoms with Gasteiger partial charge < -0.3 is 4.42 Å². The summed E-state index contributed by atoms with van der Waals surface area (Å²) in [5, 5.41) is 0.851. The number of para-hydroxylation sites is 1. The zero-order chi connectivity index (χ0) is 12.1. The lowest BCUT2D eigenvalue weighted by atomic mass is 10.2. The molecular weight excluding hydrogens is 216 g/mol. The molecule has 0 unspecified atom stereocenters. The Morgan fingerprint density at radius 2 is 2.12 bits per heavy atom. The van der Waals surface area contributed by atoms with E-state index in [0.29, 0.717) is 12.1 Å². The Balaban J connectivity index is 2.41. The van der Waals surface area contributed by atoms with Crippen molar-refractivity contribution in [3.05, 3.63) is 40.4 Å². The van der Waals surface area contributed by atoms with E-state index >= 15 is 0 Å². The van der Waals surface area contributed by atoms with Gasteiger partial charge in [-0.05, 0) is 18.6 Å². The predicted molar refractivity (Wildman–Crippen MR) is 66.8 cm³/mol. The van der Waals surface area contributed by atoms with E-state index in [1.807, 2.05) is 24.3 Å². The minimum atomic E-state index is -0.460. The average molecular weight is 232 g/mol. The first-order chi connectivity index (χ1) is 8.31. The lowest BCUT2D eigenvalue weighted by molar-refractivity contribution is 0.441. The third-order valence-corrected chi connectivity index (χ3v) is 2.60. The molecule has 0 saturated carbocycles. The van der Waals surface area contributed by atoms with Crippen LogP contribution >= 0.6 is 0 Å². The maximum Gasteiger partial charge on any atom is 0.418 e. The maximum atomic E-state index is 11.3. The van der Waals surface area contributed by atoms with E-state index < -0.39 is 5.76 Å². The number of hydrogen-bond acceptors (Lipinski definition) is 3. The summed E-state index contributed by atoms with van der Waals surface area (Å²) in [5.41, 5.74) is 1.19. The first-order valence-corrected chi connectivity index (χ1v) is 5.94. The van der Waals surface area contributed by atoms with Crippen molar-refractivity contribution in [1.29, 1.82) is 0 Å². The molecule has 90 valence electrons. The van der Waals surface area contributed by atoms with Crippen molar-refractivity contribution in [3.63, 3.8) is 0 Å². The summed E-state index contributed by atoms with van der Waals surface area (Å²) in [6, 6.07) is 7.52. The quantitative estimate of drug-likeness (QED) is 0.821. The van der Waals surface area contributed by atoms with Crippen molar-refractivity contribution >= 4 is 10.9 Å². The molecule has 2 rings (SSSR count). The lowest BCUT2D eigenvalue weighted by Gasteiger charge is -1.97. The van der Waals surface area contributed by atoms with Crippen LogP contribution < -0.4 is 11.3 Å². The molecule has 0 spiro atoms. The number of H-pyrrole nitrogens is 1. The number of nitrogens with one attached hydrogen (secondary N) is 1. The van der Waals surface area contributed by atoms with Gasteiger partial charge in [-0.15, -0.1) is 0 Å². The smallest absolute Gasteiger partial charge is 0.391 e. The van der Waals surface area contributed by atoms with E-state index in [-0.39, 0.29) is 0 Å². The van der Waals surface area contributed by atoms with Crippen LogP contribution in [0.2, 0.25) is 0 Å². The Bertz CT molecular complexity index is 610. The highest BCUT2D eigenvalue weighted by molar-refractivity contribution is 5.76. The molecule has 1 aromatic carbocycles. The molecule has 0 aliphatic rings. The third kappa shape index (κ3) is 2.84. The largest absolute Gasteiger partial charge is 0.418 e. The predicted octanol–water partition coefficient (Wildman–Crippen LogP) is 2.21. The van der Waals surface area contributed by atoms with Crippen molar-refractivity contribution < 1.29 is 4.42 Å². The standard InChI is InChI=1S/C13H16N2O2/c1-2-3-6-9-14-12-10-7-4-5-8-11(10)15-13(16)17-12/h4-5,7-8H,2-3,6,9H2,1H3,(H,15,16). The number of fused-ring (bicyclic) bond motifs is 1. The molecule has 0 amide bonds. The molecule has 0 radical (unpaired) electrons. The molecule has 17 heavy (non-hydrogen) atoms. The number of unbranched alkanes of at least 4 members (excludes halogenated alkanes) is 2. The van der Waals surface area contributed by atoms with Gasteiger partial charge in [-0.3, -0.25) is 9.98 Å². The summed E-state index contributed by atoms with van der Waals surface area (Å²) in [4.78, 5) is 18.3. The van der Waals surface area contributed by atoms with Gasteiger partial charge in [-0.1, -0.05) is 31.9 Å². The van der Waals surface area contributed by atoms with E-state index in [9.17, 15) is 4.79 Å². The monoisotopic (exact) mass is 232 g/mol. The van der Waals surface area contributed by atoms with Crippen LogP contribution in [0.4, 0.5) is 0 Å². The minimum Gasteiger partial charge on any atom is -0.391 e. The van der Waals surface area contributed by atoms with E-state index in [2.05, 4.69) is 16.9 Å². The number of rotatable bonds is 4. The molecule has 1 aromatic heterocycles. The molecular formula is C13H16N2O2. The van der Waals surface area contributed by atoms with Crippen LogP contribution in [0.1, 0.15) is 26.2 Å². The summed E-state index contributed by atoms with van der Waals surface area (Å²) in [5.74, 6) is -0.460. The Morgan fingerprint density at radius 3 is 2.94 bits per heavy atom. The van der Waals surface area contributed by atoms with Crippen LogP contribution in [-0.4, -0.2) is 11.5 Å². The van der Waals surface area contributed by atoms with Gasteiger partial charge in [0.1, 0.15) is 0 Å². The van der Waals surface area contributed by atoms with Crippen LogP contribution in [0.5, 0.6) is 0 Å². The van der Waals surface area contributed by atoms with Gasteiger partial charge in [0.25, 0.3) is 0 Å². The van der Waals surface area contributed by atoms with Gasteiger partial charge in [0.05, 0.1) is 10.9 Å².